The Kier molecular flexibility index (Phi) is 5.06. The SMILES string of the molecule is CC(C)CCOc1cnc2c(c1)CCC(=O)N2CC(C)(C)O. The average Bonchev–Trinajstić information content (AvgIpc) is 2.40. The van der Waals surface area contributed by atoms with Gasteiger partial charge in [-0.05, 0) is 44.2 Å². The van der Waals surface area contributed by atoms with Crippen molar-refractivity contribution in [3.63, 3.8) is 0 Å². The highest BCUT2D eigenvalue weighted by molar-refractivity contribution is 5.95. The number of pyridine rings is 1. The van der Waals surface area contributed by atoms with E-state index in [1.54, 1.807) is 24.9 Å². The van der Waals surface area contributed by atoms with E-state index in [0.29, 0.717) is 31.2 Å². The highest BCUT2D eigenvalue weighted by Crippen LogP contribution is 2.29. The minimum Gasteiger partial charge on any atom is -0.492 e. The second kappa shape index (κ2) is 6.65. The molecule has 1 aliphatic rings. The number of aromatic nitrogens is 1. The van der Waals surface area contributed by atoms with Crippen molar-refractivity contribution in [1.82, 2.24) is 4.98 Å². The minimum atomic E-state index is -0.946. The van der Waals surface area contributed by atoms with Crippen LogP contribution in [0.2, 0.25) is 0 Å². The smallest absolute Gasteiger partial charge is 0.228 e. The number of nitrogens with zero attached hydrogens (tertiary/aromatic N) is 2. The summed E-state index contributed by atoms with van der Waals surface area (Å²) < 4.78 is 5.73. The van der Waals surface area contributed by atoms with Gasteiger partial charge in [0.1, 0.15) is 11.6 Å². The maximum absolute atomic E-state index is 12.1. The number of anilines is 1. The average molecular weight is 306 g/mol. The van der Waals surface area contributed by atoms with Gasteiger partial charge in [0.15, 0.2) is 0 Å². The topological polar surface area (TPSA) is 62.7 Å². The van der Waals surface area contributed by atoms with Crippen molar-refractivity contribution in [2.45, 2.75) is 52.6 Å². The molecule has 2 heterocycles. The zero-order chi connectivity index (χ0) is 16.3. The third-order valence-electron chi connectivity index (χ3n) is 3.59. The van der Waals surface area contributed by atoms with Crippen molar-refractivity contribution in [3.05, 3.63) is 17.8 Å². The van der Waals surface area contributed by atoms with Gasteiger partial charge in [0, 0.05) is 6.42 Å². The van der Waals surface area contributed by atoms with Gasteiger partial charge in [0.05, 0.1) is 24.9 Å². The molecule has 0 spiro atoms. The van der Waals surface area contributed by atoms with Gasteiger partial charge < -0.3 is 9.84 Å². The summed E-state index contributed by atoms with van der Waals surface area (Å²) in [7, 11) is 0. The van der Waals surface area contributed by atoms with Gasteiger partial charge in [-0.3, -0.25) is 9.69 Å². The Balaban J connectivity index is 2.14. The number of hydrogen-bond acceptors (Lipinski definition) is 4. The Hall–Kier alpha value is -1.62. The Labute approximate surface area is 132 Å². The number of aryl methyl sites for hydroxylation is 1. The zero-order valence-electron chi connectivity index (χ0n) is 13.9. The summed E-state index contributed by atoms with van der Waals surface area (Å²) in [5.74, 6) is 2.01. The van der Waals surface area contributed by atoms with Crippen LogP contribution in [0, 0.1) is 5.92 Å². The van der Waals surface area contributed by atoms with E-state index in [-0.39, 0.29) is 12.5 Å². The lowest BCUT2D eigenvalue weighted by Crippen LogP contribution is -2.45. The Morgan fingerprint density at radius 3 is 2.77 bits per heavy atom. The largest absolute Gasteiger partial charge is 0.492 e. The standard InChI is InChI=1S/C17H26N2O3/c1-12(2)7-8-22-14-9-13-5-6-15(20)19(11-17(3,4)21)16(13)18-10-14/h9-10,12,21H,5-8,11H2,1-4H3. The molecule has 0 saturated heterocycles. The van der Waals surface area contributed by atoms with Crippen LogP contribution in [0.3, 0.4) is 0 Å². The lowest BCUT2D eigenvalue weighted by atomic mass is 10.0. The predicted molar refractivity (Wildman–Crippen MR) is 86.2 cm³/mol. The molecule has 0 fully saturated rings. The van der Waals surface area contributed by atoms with Gasteiger partial charge in [-0.1, -0.05) is 13.8 Å². The molecule has 22 heavy (non-hydrogen) atoms. The number of fused-ring (bicyclic) bond motifs is 1. The van der Waals surface area contributed by atoms with Crippen LogP contribution in [-0.2, 0) is 11.2 Å². The number of carbonyl (C=O) groups excluding carboxylic acids is 1. The van der Waals surface area contributed by atoms with Crippen LogP contribution in [0.5, 0.6) is 5.75 Å². The molecule has 5 nitrogen and oxygen atoms in total. The fraction of sp³-hybridized carbons (Fsp3) is 0.647. The monoisotopic (exact) mass is 306 g/mol. The van der Waals surface area contributed by atoms with E-state index < -0.39 is 5.60 Å². The van der Waals surface area contributed by atoms with Crippen molar-refractivity contribution in [2.24, 2.45) is 5.92 Å². The summed E-state index contributed by atoms with van der Waals surface area (Å²) in [5, 5.41) is 9.99. The van der Waals surface area contributed by atoms with Gasteiger partial charge in [-0.2, -0.15) is 0 Å². The normalized spacial score (nSPS) is 15.2. The van der Waals surface area contributed by atoms with Gasteiger partial charge in [0.2, 0.25) is 5.91 Å². The van der Waals surface area contributed by atoms with E-state index in [9.17, 15) is 9.90 Å². The van der Waals surface area contributed by atoms with Crippen LogP contribution in [0.15, 0.2) is 12.3 Å². The highest BCUT2D eigenvalue weighted by Gasteiger charge is 2.30. The molecular formula is C17H26N2O3. The molecule has 0 aliphatic carbocycles. The summed E-state index contributed by atoms with van der Waals surface area (Å²) in [6.45, 7) is 8.63. The second-order valence-corrected chi connectivity index (χ2v) is 6.98. The van der Waals surface area contributed by atoms with Gasteiger partial charge in [-0.15, -0.1) is 0 Å². The summed E-state index contributed by atoms with van der Waals surface area (Å²) in [6, 6.07) is 1.96. The molecule has 0 saturated carbocycles. The molecule has 1 N–H and O–H groups in total. The van der Waals surface area contributed by atoms with Crippen LogP contribution in [-0.4, -0.2) is 34.8 Å². The zero-order valence-corrected chi connectivity index (χ0v) is 13.9. The first kappa shape index (κ1) is 16.7. The molecule has 0 bridgehead atoms. The Bertz CT molecular complexity index is 535. The molecule has 0 unspecified atom stereocenters. The van der Waals surface area contributed by atoms with Crippen LogP contribution >= 0.6 is 0 Å². The fourth-order valence-electron chi connectivity index (χ4n) is 2.44. The molecule has 0 aromatic carbocycles. The first-order valence-electron chi connectivity index (χ1n) is 7.91. The molecule has 0 radical (unpaired) electrons. The van der Waals surface area contributed by atoms with E-state index in [1.807, 2.05) is 6.07 Å². The van der Waals surface area contributed by atoms with Crippen molar-refractivity contribution in [3.8, 4) is 5.75 Å². The molecule has 1 amide bonds. The molecule has 1 aromatic rings. The van der Waals surface area contributed by atoms with Crippen LogP contribution in [0.25, 0.3) is 0 Å². The van der Waals surface area contributed by atoms with Crippen molar-refractivity contribution >= 4 is 11.7 Å². The van der Waals surface area contributed by atoms with Crippen molar-refractivity contribution < 1.29 is 14.6 Å². The van der Waals surface area contributed by atoms with E-state index in [2.05, 4.69) is 18.8 Å². The summed E-state index contributed by atoms with van der Waals surface area (Å²) in [6.07, 6.45) is 3.78. The maximum Gasteiger partial charge on any atom is 0.228 e. The summed E-state index contributed by atoms with van der Waals surface area (Å²) >= 11 is 0. The van der Waals surface area contributed by atoms with Gasteiger partial charge in [-0.25, -0.2) is 4.98 Å². The fourth-order valence-corrected chi connectivity index (χ4v) is 2.44. The number of carbonyl (C=O) groups is 1. The molecule has 0 atom stereocenters. The van der Waals surface area contributed by atoms with Gasteiger partial charge >= 0.3 is 0 Å². The first-order valence-corrected chi connectivity index (χ1v) is 7.91. The third-order valence-corrected chi connectivity index (χ3v) is 3.59. The van der Waals surface area contributed by atoms with Crippen LogP contribution in [0.1, 0.15) is 46.1 Å². The summed E-state index contributed by atoms with van der Waals surface area (Å²) in [5.41, 5.74) is 0.0594. The van der Waals surface area contributed by atoms with Crippen molar-refractivity contribution in [1.29, 1.82) is 0 Å². The van der Waals surface area contributed by atoms with E-state index in [0.717, 1.165) is 17.7 Å². The molecular weight excluding hydrogens is 280 g/mol. The van der Waals surface area contributed by atoms with Crippen molar-refractivity contribution in [2.75, 3.05) is 18.1 Å². The van der Waals surface area contributed by atoms with Crippen LogP contribution < -0.4 is 9.64 Å². The summed E-state index contributed by atoms with van der Waals surface area (Å²) in [4.78, 5) is 18.1. The molecule has 1 aliphatic heterocycles. The first-order chi connectivity index (χ1) is 10.3. The van der Waals surface area contributed by atoms with E-state index in [1.165, 1.54) is 0 Å². The number of hydrogen-bond donors (Lipinski definition) is 1. The second-order valence-electron chi connectivity index (χ2n) is 6.98. The minimum absolute atomic E-state index is 0.00982. The third kappa shape index (κ3) is 4.44. The highest BCUT2D eigenvalue weighted by atomic mass is 16.5. The molecule has 122 valence electrons. The van der Waals surface area contributed by atoms with E-state index >= 15 is 0 Å². The quantitative estimate of drug-likeness (QED) is 0.877. The lowest BCUT2D eigenvalue weighted by Gasteiger charge is -2.32. The van der Waals surface area contributed by atoms with Crippen LogP contribution in [0.4, 0.5) is 5.82 Å². The molecule has 1 aromatic heterocycles. The number of amides is 1. The Morgan fingerprint density at radius 1 is 1.41 bits per heavy atom. The number of rotatable bonds is 6. The predicted octanol–water partition coefficient (Wildman–Crippen LogP) is 2.56. The lowest BCUT2D eigenvalue weighted by molar-refractivity contribution is -0.119. The molecule has 5 heteroatoms. The van der Waals surface area contributed by atoms with Gasteiger partial charge in [0.25, 0.3) is 0 Å². The number of β-amino-alcohol motifs (C(OH)–C–C–N with tert-alkyl or cyclic N) is 1. The van der Waals surface area contributed by atoms with E-state index in [4.69, 9.17) is 4.74 Å². The number of aliphatic hydroxyl groups is 1. The number of ether oxygens (including phenoxy) is 1. The Morgan fingerprint density at radius 2 is 2.14 bits per heavy atom. The molecule has 2 rings (SSSR count). The maximum atomic E-state index is 12.1.